The van der Waals surface area contributed by atoms with Gasteiger partial charge in [-0.15, -0.1) is 0 Å². The molecule has 4 heteroatoms. The number of aromatic nitrogens is 1. The van der Waals surface area contributed by atoms with Crippen molar-refractivity contribution < 1.29 is 9.21 Å². The maximum Gasteiger partial charge on any atom is 0.277 e. The van der Waals surface area contributed by atoms with Crippen molar-refractivity contribution in [3.05, 3.63) is 47.7 Å². The van der Waals surface area contributed by atoms with Crippen LogP contribution in [0.4, 0.5) is 5.69 Å². The molecule has 0 radical (unpaired) electrons. The summed E-state index contributed by atoms with van der Waals surface area (Å²) in [5, 5.41) is 2.75. The van der Waals surface area contributed by atoms with Crippen LogP contribution in [0.3, 0.4) is 0 Å². The third-order valence-corrected chi connectivity index (χ3v) is 2.13. The Balaban J connectivity index is 2.13. The van der Waals surface area contributed by atoms with Gasteiger partial charge in [0.1, 0.15) is 6.26 Å². The average Bonchev–Trinajstić information content (AvgIpc) is 2.65. The lowest BCUT2D eigenvalue weighted by molar-refractivity contribution is 0.102. The second-order valence-electron chi connectivity index (χ2n) is 3.58. The molecule has 1 aromatic heterocycles. The number of carbonyl (C=O) groups is 1. The molecule has 0 atom stereocenters. The zero-order valence-corrected chi connectivity index (χ0v) is 9.15. The molecule has 1 N–H and O–H groups in total. The number of nitrogens with one attached hydrogen (secondary N) is 1. The van der Waals surface area contributed by atoms with Crippen LogP contribution in [0.25, 0.3) is 0 Å². The van der Waals surface area contributed by atoms with E-state index in [0.29, 0.717) is 11.6 Å². The van der Waals surface area contributed by atoms with E-state index in [0.717, 1.165) is 11.3 Å². The van der Waals surface area contributed by atoms with Crippen LogP contribution in [0.2, 0.25) is 0 Å². The molecule has 2 rings (SSSR count). The zero-order valence-electron chi connectivity index (χ0n) is 9.15. The Morgan fingerprint density at radius 3 is 2.81 bits per heavy atom. The highest BCUT2D eigenvalue weighted by molar-refractivity contribution is 6.02. The maximum atomic E-state index is 11.7. The monoisotopic (exact) mass is 216 g/mol. The first kappa shape index (κ1) is 10.4. The molecule has 16 heavy (non-hydrogen) atoms. The third kappa shape index (κ3) is 2.28. The molecule has 0 bridgehead atoms. The summed E-state index contributed by atoms with van der Waals surface area (Å²) < 4.78 is 4.98. The summed E-state index contributed by atoms with van der Waals surface area (Å²) in [5.41, 5.74) is 2.14. The molecule has 1 aromatic carbocycles. The van der Waals surface area contributed by atoms with Gasteiger partial charge >= 0.3 is 0 Å². The molecule has 2 aromatic rings. The Bertz CT molecular complexity index is 517. The number of rotatable bonds is 2. The smallest absolute Gasteiger partial charge is 0.277 e. The van der Waals surface area contributed by atoms with Crippen molar-refractivity contribution in [1.29, 1.82) is 0 Å². The first-order valence-corrected chi connectivity index (χ1v) is 4.95. The number of hydrogen-bond donors (Lipinski definition) is 1. The quantitative estimate of drug-likeness (QED) is 0.839. The van der Waals surface area contributed by atoms with Crippen LogP contribution in [0.1, 0.15) is 21.9 Å². The van der Waals surface area contributed by atoms with E-state index in [1.165, 1.54) is 6.26 Å². The molecule has 4 nitrogen and oxygen atoms in total. The Morgan fingerprint density at radius 1 is 1.38 bits per heavy atom. The van der Waals surface area contributed by atoms with Crippen molar-refractivity contribution in [3.8, 4) is 0 Å². The highest BCUT2D eigenvalue weighted by Crippen LogP contribution is 2.11. The van der Waals surface area contributed by atoms with E-state index in [4.69, 9.17) is 4.42 Å². The van der Waals surface area contributed by atoms with E-state index in [9.17, 15) is 4.79 Å². The van der Waals surface area contributed by atoms with Gasteiger partial charge in [-0.05, 0) is 24.6 Å². The number of amides is 1. The Hall–Kier alpha value is -2.10. The number of benzene rings is 1. The normalized spacial score (nSPS) is 10.1. The highest BCUT2D eigenvalue weighted by Gasteiger charge is 2.10. The van der Waals surface area contributed by atoms with Crippen molar-refractivity contribution in [2.75, 3.05) is 5.32 Å². The second kappa shape index (κ2) is 4.18. The van der Waals surface area contributed by atoms with Crippen molar-refractivity contribution in [1.82, 2.24) is 4.98 Å². The average molecular weight is 216 g/mol. The van der Waals surface area contributed by atoms with Gasteiger partial charge in [0.05, 0.1) is 0 Å². The van der Waals surface area contributed by atoms with Crippen LogP contribution in [-0.2, 0) is 0 Å². The summed E-state index contributed by atoms with van der Waals surface area (Å²) >= 11 is 0. The lowest BCUT2D eigenvalue weighted by Gasteiger charge is -2.03. The Morgan fingerprint density at radius 2 is 2.19 bits per heavy atom. The number of carbonyl (C=O) groups excluding carboxylic acids is 1. The molecular weight excluding hydrogens is 204 g/mol. The molecule has 0 saturated carbocycles. The highest BCUT2D eigenvalue weighted by atomic mass is 16.3. The molecule has 0 saturated heterocycles. The molecule has 0 aliphatic heterocycles. The number of anilines is 1. The Labute approximate surface area is 93.3 Å². The molecule has 1 amide bonds. The zero-order chi connectivity index (χ0) is 11.5. The molecule has 0 aliphatic rings. The molecule has 0 spiro atoms. The minimum atomic E-state index is -0.262. The van der Waals surface area contributed by atoms with Crippen molar-refractivity contribution in [2.45, 2.75) is 13.8 Å². The lowest BCUT2D eigenvalue weighted by Crippen LogP contribution is -2.12. The summed E-state index contributed by atoms with van der Waals surface area (Å²) in [6.07, 6.45) is 1.35. The first-order valence-electron chi connectivity index (χ1n) is 4.95. The van der Waals surface area contributed by atoms with Crippen molar-refractivity contribution in [3.63, 3.8) is 0 Å². The molecule has 82 valence electrons. The predicted molar refractivity (Wildman–Crippen MR) is 60.4 cm³/mol. The lowest BCUT2D eigenvalue weighted by atomic mass is 10.2. The minimum Gasteiger partial charge on any atom is -0.448 e. The number of oxazole rings is 1. The van der Waals surface area contributed by atoms with Crippen LogP contribution in [0, 0.1) is 13.8 Å². The van der Waals surface area contributed by atoms with Gasteiger partial charge in [-0.1, -0.05) is 12.1 Å². The summed E-state index contributed by atoms with van der Waals surface area (Å²) in [5.74, 6) is 0.219. The van der Waals surface area contributed by atoms with Crippen LogP contribution in [0.15, 0.2) is 34.9 Å². The first-order chi connectivity index (χ1) is 7.65. The molecule has 0 aliphatic carbocycles. The standard InChI is InChI=1S/C12H12N2O2/c1-8-4-3-5-10(6-8)14-12(15)11-7-16-9(2)13-11/h3-7H,1-2H3,(H,14,15). The fourth-order valence-electron chi connectivity index (χ4n) is 1.39. The summed E-state index contributed by atoms with van der Waals surface area (Å²) in [6.45, 7) is 3.67. The van der Waals surface area contributed by atoms with E-state index < -0.39 is 0 Å². The molecule has 0 fully saturated rings. The molecular formula is C12H12N2O2. The van der Waals surface area contributed by atoms with E-state index in [2.05, 4.69) is 10.3 Å². The predicted octanol–water partition coefficient (Wildman–Crippen LogP) is 2.54. The van der Waals surface area contributed by atoms with E-state index in [-0.39, 0.29) is 5.91 Å². The van der Waals surface area contributed by atoms with E-state index in [1.807, 2.05) is 31.2 Å². The van der Waals surface area contributed by atoms with Gasteiger partial charge in [0.25, 0.3) is 5.91 Å². The summed E-state index contributed by atoms with van der Waals surface area (Å²) in [7, 11) is 0. The number of aryl methyl sites for hydroxylation is 2. The minimum absolute atomic E-state index is 0.262. The topological polar surface area (TPSA) is 55.1 Å². The SMILES string of the molecule is Cc1cccc(NC(=O)c2coc(C)n2)c1. The van der Waals surface area contributed by atoms with Gasteiger partial charge in [0.15, 0.2) is 11.6 Å². The summed E-state index contributed by atoms with van der Waals surface area (Å²) in [6, 6.07) is 7.58. The van der Waals surface area contributed by atoms with Crippen LogP contribution in [-0.4, -0.2) is 10.9 Å². The van der Waals surface area contributed by atoms with Gasteiger partial charge in [-0.3, -0.25) is 4.79 Å². The fourth-order valence-corrected chi connectivity index (χ4v) is 1.39. The van der Waals surface area contributed by atoms with Crippen LogP contribution in [0.5, 0.6) is 0 Å². The van der Waals surface area contributed by atoms with Gasteiger partial charge in [-0.2, -0.15) is 0 Å². The fraction of sp³-hybridized carbons (Fsp3) is 0.167. The molecule has 0 unspecified atom stereocenters. The second-order valence-corrected chi connectivity index (χ2v) is 3.58. The van der Waals surface area contributed by atoms with Crippen molar-refractivity contribution >= 4 is 11.6 Å². The van der Waals surface area contributed by atoms with Gasteiger partial charge < -0.3 is 9.73 Å². The number of nitrogens with zero attached hydrogens (tertiary/aromatic N) is 1. The van der Waals surface area contributed by atoms with Crippen LogP contribution < -0.4 is 5.32 Å². The summed E-state index contributed by atoms with van der Waals surface area (Å²) in [4.78, 5) is 15.7. The molecule has 1 heterocycles. The maximum absolute atomic E-state index is 11.7. The van der Waals surface area contributed by atoms with Crippen LogP contribution >= 0.6 is 0 Å². The third-order valence-electron chi connectivity index (χ3n) is 2.13. The van der Waals surface area contributed by atoms with Gasteiger partial charge in [0, 0.05) is 12.6 Å². The van der Waals surface area contributed by atoms with E-state index >= 15 is 0 Å². The number of hydrogen-bond acceptors (Lipinski definition) is 3. The van der Waals surface area contributed by atoms with Gasteiger partial charge in [-0.25, -0.2) is 4.98 Å². The Kier molecular flexibility index (Phi) is 2.72. The van der Waals surface area contributed by atoms with E-state index in [1.54, 1.807) is 6.92 Å². The van der Waals surface area contributed by atoms with Crippen molar-refractivity contribution in [2.24, 2.45) is 0 Å². The van der Waals surface area contributed by atoms with Gasteiger partial charge in [0.2, 0.25) is 0 Å². The largest absolute Gasteiger partial charge is 0.448 e.